The topological polar surface area (TPSA) is 75.6 Å². The molecule has 2 amide bonds. The van der Waals surface area contributed by atoms with E-state index in [9.17, 15) is 9.59 Å². The summed E-state index contributed by atoms with van der Waals surface area (Å²) in [5.41, 5.74) is 0.462. The molecular weight excluding hydrogens is 316 g/mol. The Bertz CT molecular complexity index is 732. The summed E-state index contributed by atoms with van der Waals surface area (Å²) in [5, 5.41) is 1.96. The number of cyclic esters (lactones) is 1. The predicted molar refractivity (Wildman–Crippen MR) is 83.1 cm³/mol. The van der Waals surface area contributed by atoms with E-state index in [1.54, 1.807) is 33.5 Å². The van der Waals surface area contributed by atoms with Crippen molar-refractivity contribution in [3.63, 3.8) is 0 Å². The molecule has 2 aromatic heterocycles. The summed E-state index contributed by atoms with van der Waals surface area (Å²) < 4.78 is 5.02. The molecule has 8 heteroatoms. The lowest BCUT2D eigenvalue weighted by Crippen LogP contribution is -2.53. The monoisotopic (exact) mass is 330 g/mol. The summed E-state index contributed by atoms with van der Waals surface area (Å²) in [4.78, 5) is 37.0. The molecule has 23 heavy (non-hydrogen) atoms. The summed E-state index contributed by atoms with van der Waals surface area (Å²) in [6.07, 6.45) is 2.84. The van der Waals surface area contributed by atoms with Gasteiger partial charge in [0.15, 0.2) is 5.82 Å². The molecule has 4 heterocycles. The minimum atomic E-state index is -0.286. The van der Waals surface area contributed by atoms with Gasteiger partial charge in [-0.05, 0) is 11.4 Å². The van der Waals surface area contributed by atoms with Crippen molar-refractivity contribution in [2.24, 2.45) is 0 Å². The molecule has 0 bridgehead atoms. The van der Waals surface area contributed by atoms with Crippen LogP contribution in [0.4, 0.5) is 4.79 Å². The zero-order valence-electron chi connectivity index (χ0n) is 12.2. The quantitative estimate of drug-likeness (QED) is 0.834. The Morgan fingerprint density at radius 1 is 1.30 bits per heavy atom. The zero-order chi connectivity index (χ0) is 15.8. The molecule has 7 nitrogen and oxygen atoms in total. The van der Waals surface area contributed by atoms with Crippen molar-refractivity contribution in [2.75, 3.05) is 26.2 Å². The lowest BCUT2D eigenvalue weighted by atomic mass is 10.1. The maximum absolute atomic E-state index is 12.6. The average Bonchev–Trinajstić information content (AvgIpc) is 3.24. The molecule has 4 rings (SSSR count). The molecule has 0 saturated carbocycles. The fourth-order valence-corrected chi connectivity index (χ4v) is 3.50. The van der Waals surface area contributed by atoms with E-state index in [1.165, 1.54) is 0 Å². The van der Waals surface area contributed by atoms with Gasteiger partial charge in [-0.3, -0.25) is 9.69 Å². The number of fused-ring (bicyclic) bond motifs is 1. The van der Waals surface area contributed by atoms with Crippen molar-refractivity contribution in [3.8, 4) is 10.7 Å². The van der Waals surface area contributed by atoms with E-state index in [0.29, 0.717) is 37.6 Å². The SMILES string of the molecule is O=C(c1cnc(-c2cccs2)nc1)N1CCN2C(=O)OC[C@@H]2C1. The van der Waals surface area contributed by atoms with Crippen molar-refractivity contribution in [2.45, 2.75) is 6.04 Å². The highest BCUT2D eigenvalue weighted by molar-refractivity contribution is 7.13. The van der Waals surface area contributed by atoms with E-state index in [1.807, 2.05) is 17.5 Å². The van der Waals surface area contributed by atoms with Crippen LogP contribution in [0, 0.1) is 0 Å². The van der Waals surface area contributed by atoms with Crippen LogP contribution in [0.5, 0.6) is 0 Å². The third-order valence-electron chi connectivity index (χ3n) is 4.04. The van der Waals surface area contributed by atoms with Crippen LogP contribution in [-0.4, -0.2) is 64.1 Å². The molecule has 118 valence electrons. The van der Waals surface area contributed by atoms with Gasteiger partial charge in [-0.1, -0.05) is 6.07 Å². The molecule has 1 atom stereocenters. The second kappa shape index (κ2) is 5.62. The third-order valence-corrected chi connectivity index (χ3v) is 4.91. The van der Waals surface area contributed by atoms with E-state index in [0.717, 1.165) is 4.88 Å². The molecule has 0 unspecified atom stereocenters. The van der Waals surface area contributed by atoms with Crippen LogP contribution in [0.1, 0.15) is 10.4 Å². The Hall–Kier alpha value is -2.48. The molecule has 2 aliphatic heterocycles. The number of rotatable bonds is 2. The summed E-state index contributed by atoms with van der Waals surface area (Å²) >= 11 is 1.56. The highest BCUT2D eigenvalue weighted by Gasteiger charge is 2.38. The number of amides is 2. The smallest absolute Gasteiger partial charge is 0.410 e. The normalized spacial score (nSPS) is 20.3. The van der Waals surface area contributed by atoms with Crippen LogP contribution in [0.25, 0.3) is 10.7 Å². The molecule has 0 aliphatic carbocycles. The first kappa shape index (κ1) is 14.1. The average molecular weight is 330 g/mol. The van der Waals surface area contributed by atoms with E-state index in [4.69, 9.17) is 4.74 Å². The molecule has 2 saturated heterocycles. The largest absolute Gasteiger partial charge is 0.447 e. The molecule has 2 aliphatic rings. The maximum Gasteiger partial charge on any atom is 0.410 e. The first-order valence-corrected chi connectivity index (χ1v) is 8.19. The van der Waals surface area contributed by atoms with Crippen LogP contribution < -0.4 is 0 Å². The van der Waals surface area contributed by atoms with Gasteiger partial charge in [0, 0.05) is 32.0 Å². The van der Waals surface area contributed by atoms with Gasteiger partial charge in [0.2, 0.25) is 0 Å². The van der Waals surface area contributed by atoms with Gasteiger partial charge >= 0.3 is 6.09 Å². The second-order valence-electron chi connectivity index (χ2n) is 5.45. The molecule has 0 radical (unpaired) electrons. The van der Waals surface area contributed by atoms with Crippen molar-refractivity contribution in [1.82, 2.24) is 19.8 Å². The van der Waals surface area contributed by atoms with Crippen LogP contribution in [0.2, 0.25) is 0 Å². The number of thiophene rings is 1. The minimum Gasteiger partial charge on any atom is -0.447 e. The van der Waals surface area contributed by atoms with E-state index >= 15 is 0 Å². The van der Waals surface area contributed by atoms with Gasteiger partial charge in [0.1, 0.15) is 6.61 Å². The highest BCUT2D eigenvalue weighted by Crippen LogP contribution is 2.22. The lowest BCUT2D eigenvalue weighted by Gasteiger charge is -2.35. The molecule has 2 aromatic rings. The molecule has 0 spiro atoms. The number of hydrogen-bond acceptors (Lipinski definition) is 6. The van der Waals surface area contributed by atoms with Crippen LogP contribution in [0.3, 0.4) is 0 Å². The molecule has 0 aromatic carbocycles. The van der Waals surface area contributed by atoms with Crippen molar-refractivity contribution in [3.05, 3.63) is 35.5 Å². The maximum atomic E-state index is 12.6. The van der Waals surface area contributed by atoms with Crippen LogP contribution >= 0.6 is 11.3 Å². The Kier molecular flexibility index (Phi) is 3.45. The Morgan fingerprint density at radius 3 is 2.87 bits per heavy atom. The van der Waals surface area contributed by atoms with Gasteiger partial charge < -0.3 is 9.64 Å². The number of carbonyl (C=O) groups is 2. The fraction of sp³-hybridized carbons (Fsp3) is 0.333. The summed E-state index contributed by atoms with van der Waals surface area (Å²) in [5.74, 6) is 0.512. The Labute approximate surface area is 136 Å². The van der Waals surface area contributed by atoms with Crippen LogP contribution in [0.15, 0.2) is 29.9 Å². The molecule has 2 fully saturated rings. The molecular formula is C15H14N4O3S. The van der Waals surface area contributed by atoms with Gasteiger partial charge in [-0.15, -0.1) is 11.3 Å². The number of hydrogen-bond donors (Lipinski definition) is 0. The van der Waals surface area contributed by atoms with Crippen LogP contribution in [-0.2, 0) is 4.74 Å². The van der Waals surface area contributed by atoms with Gasteiger partial charge in [0.25, 0.3) is 5.91 Å². The number of nitrogens with zero attached hydrogens (tertiary/aromatic N) is 4. The van der Waals surface area contributed by atoms with E-state index < -0.39 is 0 Å². The standard InChI is InChI=1S/C15H14N4O3S/c20-14(18-3-4-19-11(8-18)9-22-15(19)21)10-6-16-13(17-7-10)12-2-1-5-23-12/h1-2,5-7,11H,3-4,8-9H2/t11-/m0/s1. The minimum absolute atomic E-state index is 0.0495. The number of ether oxygens (including phenoxy) is 1. The second-order valence-corrected chi connectivity index (χ2v) is 6.40. The Morgan fingerprint density at radius 2 is 2.13 bits per heavy atom. The zero-order valence-corrected chi connectivity index (χ0v) is 13.0. The summed E-state index contributed by atoms with van der Waals surface area (Å²) in [6, 6.07) is 3.83. The Balaban J connectivity index is 1.48. The first-order valence-electron chi connectivity index (χ1n) is 7.31. The van der Waals surface area contributed by atoms with Crippen molar-refractivity contribution < 1.29 is 14.3 Å². The lowest BCUT2D eigenvalue weighted by molar-refractivity contribution is 0.0616. The van der Waals surface area contributed by atoms with Crippen molar-refractivity contribution in [1.29, 1.82) is 0 Å². The van der Waals surface area contributed by atoms with E-state index in [2.05, 4.69) is 9.97 Å². The number of carbonyl (C=O) groups excluding carboxylic acids is 2. The fourth-order valence-electron chi connectivity index (χ4n) is 2.83. The third kappa shape index (κ3) is 2.55. The number of aromatic nitrogens is 2. The number of piperazine rings is 1. The van der Waals surface area contributed by atoms with Gasteiger partial charge in [-0.25, -0.2) is 14.8 Å². The highest BCUT2D eigenvalue weighted by atomic mass is 32.1. The van der Waals surface area contributed by atoms with Gasteiger partial charge in [0.05, 0.1) is 16.5 Å². The summed E-state index contributed by atoms with van der Waals surface area (Å²) in [7, 11) is 0. The van der Waals surface area contributed by atoms with Crippen molar-refractivity contribution >= 4 is 23.3 Å². The van der Waals surface area contributed by atoms with E-state index in [-0.39, 0.29) is 18.0 Å². The first-order chi connectivity index (χ1) is 11.2. The molecule has 0 N–H and O–H groups in total. The summed E-state index contributed by atoms with van der Waals surface area (Å²) in [6.45, 7) is 1.83. The van der Waals surface area contributed by atoms with Gasteiger partial charge in [-0.2, -0.15) is 0 Å². The predicted octanol–water partition coefficient (Wildman–Crippen LogP) is 1.48.